The Morgan fingerprint density at radius 3 is 2.33 bits per heavy atom. The number of amides is 2. The van der Waals surface area contributed by atoms with E-state index >= 15 is 0 Å². The SMILES string of the molecule is O=C(O)C1CCCCN1C(=O)NC1CCCCC1. The van der Waals surface area contributed by atoms with Gasteiger partial charge in [0.25, 0.3) is 0 Å². The van der Waals surface area contributed by atoms with E-state index in [9.17, 15) is 9.59 Å². The first-order valence-electron chi connectivity index (χ1n) is 6.98. The highest BCUT2D eigenvalue weighted by atomic mass is 16.4. The molecule has 1 unspecified atom stereocenters. The Morgan fingerprint density at radius 2 is 1.67 bits per heavy atom. The predicted octanol–water partition coefficient (Wildman–Crippen LogP) is 1.97. The second kappa shape index (κ2) is 6.07. The first-order chi connectivity index (χ1) is 8.68. The Morgan fingerprint density at radius 1 is 1.00 bits per heavy atom. The molecule has 0 spiro atoms. The van der Waals surface area contributed by atoms with Gasteiger partial charge < -0.3 is 15.3 Å². The summed E-state index contributed by atoms with van der Waals surface area (Å²) < 4.78 is 0. The van der Waals surface area contributed by atoms with Crippen molar-refractivity contribution in [3.05, 3.63) is 0 Å². The van der Waals surface area contributed by atoms with E-state index < -0.39 is 12.0 Å². The lowest BCUT2D eigenvalue weighted by Gasteiger charge is -2.34. The first kappa shape index (κ1) is 13.2. The molecule has 0 aromatic heterocycles. The number of hydrogen-bond donors (Lipinski definition) is 2. The smallest absolute Gasteiger partial charge is 0.326 e. The van der Waals surface area contributed by atoms with Crippen molar-refractivity contribution >= 4 is 12.0 Å². The number of rotatable bonds is 2. The molecule has 0 aromatic rings. The number of piperidine rings is 1. The Labute approximate surface area is 108 Å². The summed E-state index contributed by atoms with van der Waals surface area (Å²) >= 11 is 0. The van der Waals surface area contributed by atoms with E-state index in [0.717, 1.165) is 38.5 Å². The minimum atomic E-state index is -0.881. The van der Waals surface area contributed by atoms with Crippen LogP contribution in [0.5, 0.6) is 0 Å². The zero-order chi connectivity index (χ0) is 13.0. The van der Waals surface area contributed by atoms with Gasteiger partial charge in [0.05, 0.1) is 0 Å². The molecule has 2 fully saturated rings. The average Bonchev–Trinajstić information content (AvgIpc) is 2.40. The third-order valence-corrected chi connectivity index (χ3v) is 3.98. The largest absolute Gasteiger partial charge is 0.480 e. The molecule has 1 aliphatic heterocycles. The van der Waals surface area contributed by atoms with Crippen LogP contribution in [0.4, 0.5) is 4.79 Å². The van der Waals surface area contributed by atoms with Gasteiger partial charge in [0, 0.05) is 12.6 Å². The van der Waals surface area contributed by atoms with E-state index in [0.29, 0.717) is 13.0 Å². The number of carboxylic acid groups (broad SMARTS) is 1. The standard InChI is InChI=1S/C13H22N2O3/c16-12(17)11-8-4-5-9-15(11)13(18)14-10-6-2-1-3-7-10/h10-11H,1-9H2,(H,14,18)(H,16,17). The number of urea groups is 1. The van der Waals surface area contributed by atoms with Gasteiger partial charge in [0.1, 0.15) is 6.04 Å². The fourth-order valence-electron chi connectivity index (χ4n) is 2.94. The molecule has 1 heterocycles. The van der Waals surface area contributed by atoms with Crippen molar-refractivity contribution in [2.45, 2.75) is 63.5 Å². The molecular formula is C13H22N2O3. The maximum Gasteiger partial charge on any atom is 0.326 e. The second-order valence-corrected chi connectivity index (χ2v) is 5.33. The van der Waals surface area contributed by atoms with Gasteiger partial charge in [-0.05, 0) is 32.1 Å². The van der Waals surface area contributed by atoms with E-state index in [1.54, 1.807) is 0 Å². The van der Waals surface area contributed by atoms with Crippen LogP contribution in [0.25, 0.3) is 0 Å². The molecule has 18 heavy (non-hydrogen) atoms. The Bertz CT molecular complexity index is 313. The summed E-state index contributed by atoms with van der Waals surface area (Å²) in [6.07, 6.45) is 7.99. The lowest BCUT2D eigenvalue weighted by atomic mass is 9.95. The van der Waals surface area contributed by atoms with Gasteiger partial charge in [-0.2, -0.15) is 0 Å². The van der Waals surface area contributed by atoms with Crippen molar-refractivity contribution in [2.75, 3.05) is 6.54 Å². The van der Waals surface area contributed by atoms with Crippen LogP contribution in [-0.2, 0) is 4.79 Å². The van der Waals surface area contributed by atoms with E-state index in [-0.39, 0.29) is 12.1 Å². The molecule has 5 heteroatoms. The van der Waals surface area contributed by atoms with Gasteiger partial charge in [-0.1, -0.05) is 19.3 Å². The maximum atomic E-state index is 12.1. The molecule has 0 aromatic carbocycles. The third kappa shape index (κ3) is 3.15. The Hall–Kier alpha value is -1.26. The highest BCUT2D eigenvalue weighted by Gasteiger charge is 2.32. The Balaban J connectivity index is 1.91. The summed E-state index contributed by atoms with van der Waals surface area (Å²) in [4.78, 5) is 24.8. The highest BCUT2D eigenvalue weighted by Crippen LogP contribution is 2.20. The normalized spacial score (nSPS) is 25.8. The number of nitrogens with one attached hydrogen (secondary N) is 1. The van der Waals surface area contributed by atoms with Crippen molar-refractivity contribution in [1.29, 1.82) is 0 Å². The Kier molecular flexibility index (Phi) is 4.44. The van der Waals surface area contributed by atoms with Crippen LogP contribution in [0.1, 0.15) is 51.4 Å². The summed E-state index contributed by atoms with van der Waals surface area (Å²) in [5.74, 6) is -0.881. The van der Waals surface area contributed by atoms with Crippen LogP contribution in [0.15, 0.2) is 0 Å². The molecule has 2 amide bonds. The van der Waals surface area contributed by atoms with E-state index in [1.165, 1.54) is 11.3 Å². The minimum absolute atomic E-state index is 0.186. The number of hydrogen-bond acceptors (Lipinski definition) is 2. The minimum Gasteiger partial charge on any atom is -0.480 e. The molecular weight excluding hydrogens is 232 g/mol. The van der Waals surface area contributed by atoms with Gasteiger partial charge in [-0.25, -0.2) is 9.59 Å². The monoisotopic (exact) mass is 254 g/mol. The zero-order valence-electron chi connectivity index (χ0n) is 10.7. The van der Waals surface area contributed by atoms with Gasteiger partial charge in [-0.15, -0.1) is 0 Å². The number of carbonyl (C=O) groups excluding carboxylic acids is 1. The van der Waals surface area contributed by atoms with E-state index in [4.69, 9.17) is 5.11 Å². The fraction of sp³-hybridized carbons (Fsp3) is 0.846. The van der Waals surface area contributed by atoms with Crippen LogP contribution in [-0.4, -0.2) is 40.6 Å². The molecule has 1 saturated heterocycles. The molecule has 5 nitrogen and oxygen atoms in total. The van der Waals surface area contributed by atoms with Crippen LogP contribution >= 0.6 is 0 Å². The molecule has 102 valence electrons. The summed E-state index contributed by atoms with van der Waals surface area (Å²) in [5.41, 5.74) is 0. The molecule has 1 saturated carbocycles. The molecule has 0 bridgehead atoms. The van der Waals surface area contributed by atoms with Crippen molar-refractivity contribution in [3.63, 3.8) is 0 Å². The van der Waals surface area contributed by atoms with Gasteiger partial charge in [0.2, 0.25) is 0 Å². The lowest BCUT2D eigenvalue weighted by Crippen LogP contribution is -2.54. The fourth-order valence-corrected chi connectivity index (χ4v) is 2.94. The molecule has 1 aliphatic carbocycles. The van der Waals surface area contributed by atoms with Crippen LogP contribution < -0.4 is 5.32 Å². The average molecular weight is 254 g/mol. The number of carbonyl (C=O) groups is 2. The van der Waals surface area contributed by atoms with Crippen molar-refractivity contribution in [1.82, 2.24) is 10.2 Å². The van der Waals surface area contributed by atoms with E-state index in [1.807, 2.05) is 0 Å². The predicted molar refractivity (Wildman–Crippen MR) is 67.4 cm³/mol. The lowest BCUT2D eigenvalue weighted by molar-refractivity contribution is -0.143. The summed E-state index contributed by atoms with van der Waals surface area (Å²) in [6, 6.07) is -0.584. The molecule has 2 rings (SSSR count). The van der Waals surface area contributed by atoms with E-state index in [2.05, 4.69) is 5.32 Å². The quantitative estimate of drug-likeness (QED) is 0.791. The maximum absolute atomic E-state index is 12.1. The van der Waals surface area contributed by atoms with Crippen LogP contribution in [0.3, 0.4) is 0 Å². The van der Waals surface area contributed by atoms with Gasteiger partial charge in [-0.3, -0.25) is 0 Å². The van der Waals surface area contributed by atoms with Crippen LogP contribution in [0.2, 0.25) is 0 Å². The first-order valence-corrected chi connectivity index (χ1v) is 6.98. The third-order valence-electron chi connectivity index (χ3n) is 3.98. The topological polar surface area (TPSA) is 69.6 Å². The van der Waals surface area contributed by atoms with Gasteiger partial charge >= 0.3 is 12.0 Å². The number of carboxylic acids is 1. The summed E-state index contributed by atoms with van der Waals surface area (Å²) in [5, 5.41) is 12.1. The van der Waals surface area contributed by atoms with Crippen LogP contribution in [0, 0.1) is 0 Å². The number of likely N-dealkylation sites (tertiary alicyclic amines) is 1. The van der Waals surface area contributed by atoms with Gasteiger partial charge in [0.15, 0.2) is 0 Å². The van der Waals surface area contributed by atoms with Crippen molar-refractivity contribution < 1.29 is 14.7 Å². The number of nitrogens with zero attached hydrogens (tertiary/aromatic N) is 1. The van der Waals surface area contributed by atoms with Crippen molar-refractivity contribution in [3.8, 4) is 0 Å². The molecule has 0 radical (unpaired) electrons. The summed E-state index contributed by atoms with van der Waals surface area (Å²) in [6.45, 7) is 0.565. The second-order valence-electron chi connectivity index (χ2n) is 5.33. The number of aliphatic carboxylic acids is 1. The molecule has 2 aliphatic rings. The molecule has 1 atom stereocenters. The van der Waals surface area contributed by atoms with Crippen molar-refractivity contribution in [2.24, 2.45) is 0 Å². The zero-order valence-corrected chi connectivity index (χ0v) is 10.7. The summed E-state index contributed by atoms with van der Waals surface area (Å²) in [7, 11) is 0. The molecule has 2 N–H and O–H groups in total. The highest BCUT2D eigenvalue weighted by molar-refractivity contribution is 5.83.